The Morgan fingerprint density at radius 3 is 2.47 bits per heavy atom. The highest BCUT2D eigenvalue weighted by atomic mass is 127. The molecule has 1 rings (SSSR count). The van der Waals surface area contributed by atoms with Crippen LogP contribution in [0.25, 0.3) is 0 Å². The molecule has 0 aliphatic rings. The van der Waals surface area contributed by atoms with Gasteiger partial charge in [-0.3, -0.25) is 0 Å². The first-order valence-electron chi connectivity index (χ1n) is 4.20. The normalized spacial score (nSPS) is 10.2. The minimum absolute atomic E-state index is 0.228. The van der Waals surface area contributed by atoms with Crippen LogP contribution in [0.2, 0.25) is 10.2 Å². The molecule has 0 saturated heterocycles. The Morgan fingerprint density at radius 2 is 2.00 bits per heavy atom. The molecule has 1 aromatic rings. The Labute approximate surface area is 150 Å². The lowest BCUT2D eigenvalue weighted by Gasteiger charge is -2.04. The van der Waals surface area contributed by atoms with Gasteiger partial charge in [-0.05, 0) is 67.8 Å². The van der Waals surface area contributed by atoms with E-state index in [-0.39, 0.29) is 10.6 Å². The summed E-state index contributed by atoms with van der Waals surface area (Å²) in [5.41, 5.74) is 0.284. The van der Waals surface area contributed by atoms with Gasteiger partial charge in [-0.15, -0.1) is 0 Å². The molecule has 0 fully saturated rings. The zero-order valence-electron chi connectivity index (χ0n) is 8.44. The van der Waals surface area contributed by atoms with Gasteiger partial charge < -0.3 is 9.30 Å². The average Bonchev–Trinajstić information content (AvgIpc) is 2.56. The van der Waals surface area contributed by atoms with E-state index in [9.17, 15) is 4.79 Å². The molecule has 1 aromatic heterocycles. The summed E-state index contributed by atoms with van der Waals surface area (Å²) >= 11 is 18.7. The van der Waals surface area contributed by atoms with Crippen LogP contribution in [0.1, 0.15) is 10.4 Å². The fourth-order valence-corrected chi connectivity index (χ4v) is 2.24. The second-order valence-electron chi connectivity index (χ2n) is 2.93. The third-order valence-corrected chi connectivity index (χ3v) is 7.01. The van der Waals surface area contributed by atoms with Gasteiger partial charge in [0.25, 0.3) is 0 Å². The second kappa shape index (κ2) is 7.15. The van der Waals surface area contributed by atoms with Crippen molar-refractivity contribution in [1.82, 2.24) is 4.57 Å². The lowest BCUT2D eigenvalue weighted by atomic mass is 10.3. The molecule has 8 heteroatoms. The number of halogens is 5. The van der Waals surface area contributed by atoms with Crippen LogP contribution in [0.5, 0.6) is 0 Å². The van der Waals surface area contributed by atoms with E-state index in [0.717, 1.165) is 5.17 Å². The molecule has 0 spiro atoms. The largest absolute Gasteiger partial charge is 0.465 e. The molecule has 0 aromatic carbocycles. The highest BCUT2D eigenvalue weighted by Gasteiger charge is 2.19. The van der Waals surface area contributed by atoms with Gasteiger partial charge >= 0.3 is 5.97 Å². The molecular weight excluding hydrogens is 606 g/mol. The molecule has 0 amide bonds. The van der Waals surface area contributed by atoms with Crippen LogP contribution in [-0.2, 0) is 11.3 Å². The van der Waals surface area contributed by atoms with Crippen molar-refractivity contribution >= 4 is 96.9 Å². The van der Waals surface area contributed by atoms with Crippen LogP contribution < -0.4 is 0 Å². The number of nitrogens with zero attached hydrogens (tertiary/aromatic N) is 1. The Balaban J connectivity index is 3.12. The zero-order valence-corrected chi connectivity index (χ0v) is 16.4. The third-order valence-electron chi connectivity index (χ3n) is 1.87. The van der Waals surface area contributed by atoms with Crippen LogP contribution in [-0.4, -0.2) is 17.6 Å². The number of hydrogen-bond acceptors (Lipinski definition) is 2. The molecule has 3 nitrogen and oxygen atoms in total. The van der Waals surface area contributed by atoms with Crippen LogP contribution in [0.4, 0.5) is 0 Å². The lowest BCUT2D eigenvalue weighted by molar-refractivity contribution is 0.0601. The first-order valence-corrected chi connectivity index (χ1v) is 8.19. The number of carbonyl (C=O) groups is 1. The van der Waals surface area contributed by atoms with Crippen LogP contribution in [0, 0.1) is 0 Å². The minimum Gasteiger partial charge on any atom is -0.465 e. The second-order valence-corrected chi connectivity index (χ2v) is 9.19. The van der Waals surface area contributed by atoms with E-state index in [0.29, 0.717) is 11.7 Å². The summed E-state index contributed by atoms with van der Waals surface area (Å²) in [6.07, 6.45) is 1.60. The number of methoxy groups -OCH3 is 1. The predicted molar refractivity (Wildman–Crippen MR) is 94.9 cm³/mol. The molecular formula is C9H6Cl2I3NO2. The first kappa shape index (κ1) is 16.3. The van der Waals surface area contributed by atoms with Crippen LogP contribution in [0.15, 0.2) is 11.4 Å². The quantitative estimate of drug-likeness (QED) is 0.354. The van der Waals surface area contributed by atoms with E-state index in [1.807, 2.05) is 0 Å². The number of esters is 1. The predicted octanol–water partition coefficient (Wildman–Crippen LogP) is 5.06. The van der Waals surface area contributed by atoms with E-state index >= 15 is 0 Å². The maximum atomic E-state index is 11.4. The highest BCUT2D eigenvalue weighted by molar-refractivity contribution is 14.2. The van der Waals surface area contributed by atoms with Gasteiger partial charge in [-0.1, -0.05) is 23.2 Å². The van der Waals surface area contributed by atoms with Gasteiger partial charge in [-0.25, -0.2) is 4.79 Å². The Bertz CT molecular complexity index is 481. The van der Waals surface area contributed by atoms with Gasteiger partial charge in [0, 0.05) is 9.78 Å². The zero-order chi connectivity index (χ0) is 13.2. The Kier molecular flexibility index (Phi) is 6.86. The Morgan fingerprint density at radius 1 is 1.41 bits per heavy atom. The van der Waals surface area contributed by atoms with Crippen LogP contribution in [0.3, 0.4) is 0 Å². The van der Waals surface area contributed by atoms with Gasteiger partial charge in [0.05, 0.1) is 25.8 Å². The third kappa shape index (κ3) is 4.11. The molecule has 17 heavy (non-hydrogen) atoms. The van der Waals surface area contributed by atoms with Crippen molar-refractivity contribution in [2.45, 2.75) is 6.54 Å². The van der Waals surface area contributed by atoms with E-state index in [1.54, 1.807) is 10.8 Å². The van der Waals surface area contributed by atoms with Gasteiger partial charge in [0.2, 0.25) is 0 Å². The van der Waals surface area contributed by atoms with E-state index < -0.39 is 5.97 Å². The van der Waals surface area contributed by atoms with Gasteiger partial charge in [-0.2, -0.15) is 0 Å². The monoisotopic (exact) mass is 611 g/mol. The summed E-state index contributed by atoms with van der Waals surface area (Å²) in [6, 6.07) is 0. The highest BCUT2D eigenvalue weighted by Crippen LogP contribution is 2.32. The maximum absolute atomic E-state index is 11.4. The van der Waals surface area contributed by atoms with Gasteiger partial charge in [0.1, 0.15) is 5.15 Å². The molecule has 1 heterocycles. The SMILES string of the molecule is COC(=O)c1cn(CC(I)=C(I)I)c(Cl)c1Cl. The maximum Gasteiger partial charge on any atom is 0.340 e. The standard InChI is InChI=1S/C9H6Cl2I3NO2/c1-17-9(16)4-2-15(7(11)6(4)10)3-5(12)8(13)14/h2H,3H2,1H3. The summed E-state index contributed by atoms with van der Waals surface area (Å²) in [4.78, 5) is 11.4. The minimum atomic E-state index is -0.487. The smallest absolute Gasteiger partial charge is 0.340 e. The number of hydrogen-bond donors (Lipinski definition) is 0. The Hall–Kier alpha value is 1.26. The summed E-state index contributed by atoms with van der Waals surface area (Å²) in [5, 5.41) is 0.571. The van der Waals surface area contributed by atoms with E-state index in [2.05, 4.69) is 72.5 Å². The first-order chi connectivity index (χ1) is 7.88. The van der Waals surface area contributed by atoms with Crippen LogP contribution >= 0.6 is 91.0 Å². The van der Waals surface area contributed by atoms with Crippen molar-refractivity contribution in [3.63, 3.8) is 0 Å². The number of rotatable bonds is 3. The topological polar surface area (TPSA) is 31.2 Å². The molecule has 0 atom stereocenters. The van der Waals surface area contributed by atoms with Crippen molar-refractivity contribution in [1.29, 1.82) is 0 Å². The lowest BCUT2D eigenvalue weighted by Crippen LogP contribution is -2.00. The molecule has 0 saturated carbocycles. The molecule has 94 valence electrons. The van der Waals surface area contributed by atoms with Crippen molar-refractivity contribution < 1.29 is 9.53 Å². The number of ether oxygens (including phenoxy) is 1. The molecule has 0 bridgehead atoms. The number of aromatic nitrogens is 1. The molecule has 0 aliphatic heterocycles. The summed E-state index contributed by atoms with van der Waals surface area (Å²) in [5.74, 6) is -0.487. The fourth-order valence-electron chi connectivity index (χ4n) is 1.08. The fraction of sp³-hybridized carbons (Fsp3) is 0.222. The van der Waals surface area contributed by atoms with Crippen molar-refractivity contribution in [3.8, 4) is 0 Å². The van der Waals surface area contributed by atoms with E-state index in [1.165, 1.54) is 7.11 Å². The number of carbonyl (C=O) groups excluding carboxylic acids is 1. The molecule has 0 unspecified atom stereocenters. The number of allylic oxidation sites excluding steroid dienone is 1. The van der Waals surface area contributed by atoms with Gasteiger partial charge in [0.15, 0.2) is 0 Å². The summed E-state index contributed by atoms with van der Waals surface area (Å²) < 4.78 is 8.60. The molecule has 0 aliphatic carbocycles. The van der Waals surface area contributed by atoms with Crippen molar-refractivity contribution in [3.05, 3.63) is 27.1 Å². The van der Waals surface area contributed by atoms with Crippen molar-refractivity contribution in [2.24, 2.45) is 0 Å². The molecule has 0 N–H and O–H groups in total. The average molecular weight is 612 g/mol. The summed E-state index contributed by atoms with van der Waals surface area (Å²) in [7, 11) is 1.31. The van der Waals surface area contributed by atoms with Crippen molar-refractivity contribution in [2.75, 3.05) is 7.11 Å². The van der Waals surface area contributed by atoms with E-state index in [4.69, 9.17) is 23.2 Å². The summed E-state index contributed by atoms with van der Waals surface area (Å²) in [6.45, 7) is 0.581. The molecule has 0 radical (unpaired) electrons.